The molecule has 22 heavy (non-hydrogen) atoms. The van der Waals surface area contributed by atoms with Crippen molar-refractivity contribution >= 4 is 0 Å². The molecule has 0 spiro atoms. The lowest BCUT2D eigenvalue weighted by Crippen LogP contribution is -2.64. The SMILES string of the molecule is CO[C@@H](C)CN1CCC2(C)c3cccc(O)c3C[C@@H]1C2(C)C. The van der Waals surface area contributed by atoms with Crippen LogP contribution >= 0.6 is 0 Å². The number of aromatic hydroxyl groups is 1. The first-order chi connectivity index (χ1) is 10.3. The van der Waals surface area contributed by atoms with Crippen molar-refractivity contribution < 1.29 is 9.84 Å². The first-order valence-electron chi connectivity index (χ1n) is 8.39. The fourth-order valence-electron chi connectivity index (χ4n) is 4.66. The van der Waals surface area contributed by atoms with Crippen LogP contribution in [0, 0.1) is 5.41 Å². The number of methoxy groups -OCH3 is 1. The minimum Gasteiger partial charge on any atom is -0.508 e. The van der Waals surface area contributed by atoms with Gasteiger partial charge in [-0.1, -0.05) is 32.9 Å². The van der Waals surface area contributed by atoms with Gasteiger partial charge in [0.1, 0.15) is 5.75 Å². The third kappa shape index (κ3) is 2.10. The van der Waals surface area contributed by atoms with Gasteiger partial charge < -0.3 is 9.84 Å². The van der Waals surface area contributed by atoms with E-state index in [-0.39, 0.29) is 16.9 Å². The summed E-state index contributed by atoms with van der Waals surface area (Å²) in [5.41, 5.74) is 2.81. The summed E-state index contributed by atoms with van der Waals surface area (Å²) in [7, 11) is 1.78. The molecule has 1 aliphatic heterocycles. The van der Waals surface area contributed by atoms with Crippen molar-refractivity contribution in [3.63, 3.8) is 0 Å². The van der Waals surface area contributed by atoms with Crippen molar-refractivity contribution in [2.75, 3.05) is 20.2 Å². The number of nitrogens with zero attached hydrogens (tertiary/aromatic N) is 1. The molecule has 1 heterocycles. The summed E-state index contributed by atoms with van der Waals surface area (Å²) in [5.74, 6) is 0.464. The zero-order valence-electron chi connectivity index (χ0n) is 14.5. The van der Waals surface area contributed by atoms with Gasteiger partial charge in [-0.3, -0.25) is 4.90 Å². The molecule has 122 valence electrons. The Hall–Kier alpha value is -1.06. The number of benzene rings is 1. The summed E-state index contributed by atoms with van der Waals surface area (Å²) >= 11 is 0. The molecular weight excluding hydrogens is 274 g/mol. The van der Waals surface area contributed by atoms with Crippen molar-refractivity contribution in [2.24, 2.45) is 5.41 Å². The molecule has 3 rings (SSSR count). The van der Waals surface area contributed by atoms with Crippen LogP contribution in [0.2, 0.25) is 0 Å². The van der Waals surface area contributed by atoms with Gasteiger partial charge in [-0.15, -0.1) is 0 Å². The summed E-state index contributed by atoms with van der Waals surface area (Å²) in [6.45, 7) is 11.4. The van der Waals surface area contributed by atoms with E-state index >= 15 is 0 Å². The Bertz CT molecular complexity index is 569. The van der Waals surface area contributed by atoms with Gasteiger partial charge in [0.15, 0.2) is 0 Å². The van der Waals surface area contributed by atoms with Gasteiger partial charge in [-0.05, 0) is 48.9 Å². The smallest absolute Gasteiger partial charge is 0.119 e. The quantitative estimate of drug-likeness (QED) is 0.929. The second-order valence-electron chi connectivity index (χ2n) is 7.87. The van der Waals surface area contributed by atoms with Crippen molar-refractivity contribution in [1.82, 2.24) is 4.90 Å². The molecule has 0 aromatic heterocycles. The van der Waals surface area contributed by atoms with E-state index in [1.54, 1.807) is 7.11 Å². The summed E-state index contributed by atoms with van der Waals surface area (Å²) in [4.78, 5) is 2.57. The highest BCUT2D eigenvalue weighted by atomic mass is 16.5. The van der Waals surface area contributed by atoms with Gasteiger partial charge in [0.05, 0.1) is 6.10 Å². The van der Waals surface area contributed by atoms with Crippen LogP contribution in [0.1, 0.15) is 45.2 Å². The van der Waals surface area contributed by atoms with Crippen LogP contribution in [0.15, 0.2) is 18.2 Å². The van der Waals surface area contributed by atoms with E-state index in [1.807, 2.05) is 12.1 Å². The van der Waals surface area contributed by atoms with Gasteiger partial charge in [0.2, 0.25) is 0 Å². The Morgan fingerprint density at radius 3 is 2.77 bits per heavy atom. The first kappa shape index (κ1) is 15.8. The van der Waals surface area contributed by atoms with E-state index in [1.165, 1.54) is 5.56 Å². The lowest BCUT2D eigenvalue weighted by atomic mass is 9.51. The largest absolute Gasteiger partial charge is 0.508 e. The Morgan fingerprint density at radius 2 is 2.09 bits per heavy atom. The monoisotopic (exact) mass is 303 g/mol. The molecule has 1 aliphatic carbocycles. The Labute approximate surface area is 134 Å². The predicted molar refractivity (Wildman–Crippen MR) is 89.4 cm³/mol. The summed E-state index contributed by atoms with van der Waals surface area (Å²) < 4.78 is 5.49. The second kappa shape index (κ2) is 5.24. The van der Waals surface area contributed by atoms with Gasteiger partial charge in [-0.2, -0.15) is 0 Å². The van der Waals surface area contributed by atoms with E-state index in [0.29, 0.717) is 11.8 Å². The van der Waals surface area contributed by atoms with E-state index in [4.69, 9.17) is 4.74 Å². The molecule has 2 bridgehead atoms. The molecule has 1 unspecified atom stereocenters. The van der Waals surface area contributed by atoms with E-state index in [0.717, 1.165) is 31.5 Å². The number of hydrogen-bond donors (Lipinski definition) is 1. The lowest BCUT2D eigenvalue weighted by molar-refractivity contribution is -0.0572. The van der Waals surface area contributed by atoms with Crippen LogP contribution < -0.4 is 0 Å². The number of fused-ring (bicyclic) bond motifs is 4. The maximum Gasteiger partial charge on any atom is 0.119 e. The number of likely N-dealkylation sites (tertiary alicyclic amines) is 1. The average molecular weight is 303 g/mol. The molecule has 0 saturated carbocycles. The fourth-order valence-corrected chi connectivity index (χ4v) is 4.66. The average Bonchev–Trinajstić information content (AvgIpc) is 2.46. The zero-order chi connectivity index (χ0) is 16.1. The van der Waals surface area contributed by atoms with Gasteiger partial charge in [-0.25, -0.2) is 0 Å². The number of hydrogen-bond acceptors (Lipinski definition) is 3. The minimum atomic E-state index is 0.122. The lowest BCUT2D eigenvalue weighted by Gasteiger charge is -2.61. The molecule has 1 N–H and O–H groups in total. The molecule has 1 fully saturated rings. The molecular formula is C19H29NO2. The second-order valence-corrected chi connectivity index (χ2v) is 7.87. The molecule has 1 aromatic rings. The minimum absolute atomic E-state index is 0.122. The topological polar surface area (TPSA) is 32.7 Å². The maximum absolute atomic E-state index is 10.4. The summed E-state index contributed by atoms with van der Waals surface area (Å²) in [6, 6.07) is 6.50. The van der Waals surface area contributed by atoms with Crippen molar-refractivity contribution in [1.29, 1.82) is 0 Å². The van der Waals surface area contributed by atoms with Gasteiger partial charge in [0.25, 0.3) is 0 Å². The highest BCUT2D eigenvalue weighted by Gasteiger charge is 2.56. The molecule has 3 atom stereocenters. The highest BCUT2D eigenvalue weighted by molar-refractivity contribution is 5.48. The Kier molecular flexibility index (Phi) is 3.77. The third-order valence-electron chi connectivity index (χ3n) is 6.63. The maximum atomic E-state index is 10.4. The normalized spacial score (nSPS) is 31.6. The standard InChI is InChI=1S/C19H29NO2/c1-13(22-5)12-20-10-9-19(4)15-7-6-8-16(21)14(15)11-17(20)18(19,2)3/h6-8,13,17,21H,9-12H2,1-5H3/t13-,17+,19?/m0/s1. The molecule has 3 nitrogen and oxygen atoms in total. The zero-order valence-corrected chi connectivity index (χ0v) is 14.5. The van der Waals surface area contributed by atoms with E-state index in [2.05, 4.69) is 38.7 Å². The molecule has 1 aromatic carbocycles. The first-order valence-corrected chi connectivity index (χ1v) is 8.39. The number of phenols is 1. The Balaban J connectivity index is 2.04. The van der Waals surface area contributed by atoms with Crippen molar-refractivity contribution in [2.45, 2.75) is 58.1 Å². The fraction of sp³-hybridized carbons (Fsp3) is 0.684. The van der Waals surface area contributed by atoms with E-state index < -0.39 is 0 Å². The van der Waals surface area contributed by atoms with Crippen molar-refractivity contribution in [3.8, 4) is 5.75 Å². The number of phenolic OH excluding ortho intramolecular Hbond substituents is 1. The molecule has 0 radical (unpaired) electrons. The predicted octanol–water partition coefficient (Wildman–Crippen LogP) is 3.34. The summed E-state index contributed by atoms with van der Waals surface area (Å²) in [6.07, 6.45) is 2.30. The van der Waals surface area contributed by atoms with Crippen molar-refractivity contribution in [3.05, 3.63) is 29.3 Å². The third-order valence-corrected chi connectivity index (χ3v) is 6.63. The van der Waals surface area contributed by atoms with Crippen LogP contribution in [-0.2, 0) is 16.6 Å². The molecule has 0 amide bonds. The van der Waals surface area contributed by atoms with Crippen LogP contribution in [0.25, 0.3) is 0 Å². The Morgan fingerprint density at radius 1 is 1.36 bits per heavy atom. The number of piperidine rings is 1. The van der Waals surface area contributed by atoms with Crippen LogP contribution in [0.4, 0.5) is 0 Å². The number of ether oxygens (including phenoxy) is 1. The highest BCUT2D eigenvalue weighted by Crippen LogP contribution is 2.57. The number of rotatable bonds is 3. The van der Waals surface area contributed by atoms with Crippen LogP contribution in [0.5, 0.6) is 5.75 Å². The van der Waals surface area contributed by atoms with Gasteiger partial charge >= 0.3 is 0 Å². The van der Waals surface area contributed by atoms with Gasteiger partial charge in [0, 0.05) is 25.1 Å². The van der Waals surface area contributed by atoms with Crippen LogP contribution in [-0.4, -0.2) is 42.4 Å². The molecule has 3 heteroatoms. The van der Waals surface area contributed by atoms with E-state index in [9.17, 15) is 5.11 Å². The van der Waals surface area contributed by atoms with Crippen LogP contribution in [0.3, 0.4) is 0 Å². The summed E-state index contributed by atoms with van der Waals surface area (Å²) in [5, 5.41) is 10.4. The molecule has 1 saturated heterocycles. The molecule has 2 aliphatic rings.